The zero-order chi connectivity index (χ0) is 20.4. The van der Waals surface area contributed by atoms with Crippen molar-refractivity contribution in [1.29, 1.82) is 0 Å². The van der Waals surface area contributed by atoms with Crippen LogP contribution in [0.2, 0.25) is 0 Å². The Labute approximate surface area is 165 Å². The number of hydrogen-bond donors (Lipinski definition) is 1. The number of thiophene rings is 1. The molecule has 1 amide bonds. The van der Waals surface area contributed by atoms with Crippen LogP contribution in [0.4, 0.5) is 4.39 Å². The first kappa shape index (κ1) is 20.0. The maximum absolute atomic E-state index is 13.5. The molecule has 0 unspecified atom stereocenters. The van der Waals surface area contributed by atoms with Gasteiger partial charge in [0.05, 0.1) is 11.2 Å². The van der Waals surface area contributed by atoms with Crippen LogP contribution < -0.4 is 16.6 Å². The topological polar surface area (TPSA) is 73.1 Å². The van der Waals surface area contributed by atoms with E-state index in [4.69, 9.17) is 0 Å². The monoisotopic (exact) mass is 403 g/mol. The Morgan fingerprint density at radius 2 is 2.00 bits per heavy atom. The summed E-state index contributed by atoms with van der Waals surface area (Å²) in [4.78, 5) is 38.4. The first-order valence-corrected chi connectivity index (χ1v) is 9.94. The maximum atomic E-state index is 13.5. The summed E-state index contributed by atoms with van der Waals surface area (Å²) in [5.74, 6) is -0.289. The van der Waals surface area contributed by atoms with Crippen LogP contribution in [0.3, 0.4) is 0 Å². The van der Waals surface area contributed by atoms with Crippen LogP contribution in [0.15, 0.2) is 39.2 Å². The molecule has 148 valence electrons. The predicted octanol–water partition coefficient (Wildman–Crippen LogP) is 2.82. The number of rotatable bonds is 6. The second kappa shape index (κ2) is 8.10. The number of hydrogen-bond acceptors (Lipinski definition) is 4. The van der Waals surface area contributed by atoms with Crippen LogP contribution in [0.1, 0.15) is 25.8 Å². The van der Waals surface area contributed by atoms with Gasteiger partial charge in [0.1, 0.15) is 17.1 Å². The van der Waals surface area contributed by atoms with Gasteiger partial charge in [-0.05, 0) is 54.5 Å². The molecule has 0 aliphatic heterocycles. The van der Waals surface area contributed by atoms with E-state index in [1.165, 1.54) is 34.1 Å². The van der Waals surface area contributed by atoms with Gasteiger partial charge in [0.15, 0.2) is 0 Å². The molecule has 3 rings (SSSR count). The Balaban J connectivity index is 2.08. The first-order chi connectivity index (χ1) is 13.3. The number of fused-ring (bicyclic) bond motifs is 1. The Bertz CT molecular complexity index is 1140. The SMILES string of the molecule is Cc1cc(F)ccc1-n1c(=O)c2sccc2n(CC(=O)NCCC(C)C)c1=O. The van der Waals surface area contributed by atoms with Crippen LogP contribution in [0, 0.1) is 18.7 Å². The summed E-state index contributed by atoms with van der Waals surface area (Å²) in [6.07, 6.45) is 0.836. The van der Waals surface area contributed by atoms with Crippen molar-refractivity contribution in [2.45, 2.75) is 33.7 Å². The molecule has 1 N–H and O–H groups in total. The van der Waals surface area contributed by atoms with Gasteiger partial charge in [0.25, 0.3) is 5.56 Å². The largest absolute Gasteiger partial charge is 0.355 e. The van der Waals surface area contributed by atoms with E-state index in [-0.39, 0.29) is 12.5 Å². The van der Waals surface area contributed by atoms with Crippen LogP contribution in [-0.4, -0.2) is 21.6 Å². The molecule has 1 aromatic carbocycles. The summed E-state index contributed by atoms with van der Waals surface area (Å²) < 4.78 is 16.1. The third-order valence-corrected chi connectivity index (χ3v) is 5.39. The third-order valence-electron chi connectivity index (χ3n) is 4.50. The summed E-state index contributed by atoms with van der Waals surface area (Å²) in [5, 5.41) is 4.52. The number of aromatic nitrogens is 2. The molecule has 6 nitrogen and oxygen atoms in total. The molecule has 2 heterocycles. The molecular formula is C20H22FN3O3S. The highest BCUT2D eigenvalue weighted by molar-refractivity contribution is 7.17. The highest BCUT2D eigenvalue weighted by atomic mass is 32.1. The lowest BCUT2D eigenvalue weighted by molar-refractivity contribution is -0.121. The molecule has 0 saturated carbocycles. The summed E-state index contributed by atoms with van der Waals surface area (Å²) in [6.45, 7) is 6.09. The molecule has 0 atom stereocenters. The maximum Gasteiger partial charge on any atom is 0.336 e. The lowest BCUT2D eigenvalue weighted by Gasteiger charge is -2.14. The standard InChI is InChI=1S/C20H22FN3O3S/c1-12(2)6-8-22-17(25)11-23-16-7-9-28-18(16)19(26)24(20(23)27)15-5-4-14(21)10-13(15)3/h4-5,7,9-10,12H,6,8,11H2,1-3H3,(H,22,25). The van der Waals surface area contributed by atoms with Gasteiger partial charge < -0.3 is 5.32 Å². The predicted molar refractivity (Wildman–Crippen MR) is 109 cm³/mol. The molecular weight excluding hydrogens is 381 g/mol. The average molecular weight is 403 g/mol. The molecule has 0 radical (unpaired) electrons. The number of amides is 1. The third kappa shape index (κ3) is 3.91. The minimum atomic E-state index is -0.621. The number of aryl methyl sites for hydroxylation is 1. The quantitative estimate of drug-likeness (QED) is 0.688. The number of carbonyl (C=O) groups is 1. The molecule has 0 aliphatic rings. The molecule has 8 heteroatoms. The second-order valence-electron chi connectivity index (χ2n) is 7.11. The minimum absolute atomic E-state index is 0.190. The molecule has 0 fully saturated rings. The van der Waals surface area contributed by atoms with Crippen molar-refractivity contribution in [3.63, 3.8) is 0 Å². The van der Waals surface area contributed by atoms with Crippen molar-refractivity contribution in [3.8, 4) is 5.69 Å². The fourth-order valence-corrected chi connectivity index (χ4v) is 3.85. The van der Waals surface area contributed by atoms with E-state index < -0.39 is 17.1 Å². The lowest BCUT2D eigenvalue weighted by Crippen LogP contribution is -2.41. The molecule has 3 aromatic rings. The van der Waals surface area contributed by atoms with E-state index >= 15 is 0 Å². The molecule has 0 saturated heterocycles. The van der Waals surface area contributed by atoms with Crippen molar-refractivity contribution < 1.29 is 9.18 Å². The molecule has 2 aromatic heterocycles. The first-order valence-electron chi connectivity index (χ1n) is 9.06. The Morgan fingerprint density at radius 3 is 2.68 bits per heavy atom. The van der Waals surface area contributed by atoms with Crippen molar-refractivity contribution in [1.82, 2.24) is 14.5 Å². The highest BCUT2D eigenvalue weighted by Crippen LogP contribution is 2.18. The highest BCUT2D eigenvalue weighted by Gasteiger charge is 2.18. The van der Waals surface area contributed by atoms with Crippen LogP contribution in [-0.2, 0) is 11.3 Å². The summed E-state index contributed by atoms with van der Waals surface area (Å²) in [6, 6.07) is 5.53. The molecule has 0 spiro atoms. The van der Waals surface area contributed by atoms with Crippen LogP contribution >= 0.6 is 11.3 Å². The zero-order valence-corrected chi connectivity index (χ0v) is 16.8. The summed E-state index contributed by atoms with van der Waals surface area (Å²) in [5.41, 5.74) is 0.101. The lowest BCUT2D eigenvalue weighted by atomic mass is 10.1. The fraction of sp³-hybridized carbons (Fsp3) is 0.350. The Hall–Kier alpha value is -2.74. The molecule has 0 bridgehead atoms. The van der Waals surface area contributed by atoms with E-state index in [0.717, 1.165) is 11.0 Å². The normalized spacial score (nSPS) is 11.3. The zero-order valence-electron chi connectivity index (χ0n) is 16.0. The van der Waals surface area contributed by atoms with E-state index in [2.05, 4.69) is 19.2 Å². The van der Waals surface area contributed by atoms with Gasteiger partial charge >= 0.3 is 5.69 Å². The average Bonchev–Trinajstić information content (AvgIpc) is 3.10. The molecule has 28 heavy (non-hydrogen) atoms. The van der Waals surface area contributed by atoms with Crippen LogP contribution in [0.5, 0.6) is 0 Å². The van der Waals surface area contributed by atoms with Gasteiger partial charge in [-0.1, -0.05) is 13.8 Å². The van der Waals surface area contributed by atoms with Gasteiger partial charge in [0.2, 0.25) is 5.91 Å². The fourth-order valence-electron chi connectivity index (χ4n) is 3.02. The number of nitrogens with one attached hydrogen (secondary N) is 1. The second-order valence-corrected chi connectivity index (χ2v) is 8.02. The van der Waals surface area contributed by atoms with E-state index in [1.807, 2.05) is 0 Å². The number of halogens is 1. The minimum Gasteiger partial charge on any atom is -0.355 e. The van der Waals surface area contributed by atoms with Gasteiger partial charge in [-0.15, -0.1) is 11.3 Å². The van der Waals surface area contributed by atoms with E-state index in [9.17, 15) is 18.8 Å². The van der Waals surface area contributed by atoms with Crippen molar-refractivity contribution in [2.24, 2.45) is 5.92 Å². The summed E-state index contributed by atoms with van der Waals surface area (Å²) in [7, 11) is 0. The van der Waals surface area contributed by atoms with Crippen LogP contribution in [0.25, 0.3) is 15.9 Å². The number of carbonyl (C=O) groups excluding carboxylic acids is 1. The smallest absolute Gasteiger partial charge is 0.336 e. The van der Waals surface area contributed by atoms with E-state index in [0.29, 0.717) is 33.9 Å². The van der Waals surface area contributed by atoms with Gasteiger partial charge in [-0.25, -0.2) is 13.8 Å². The van der Waals surface area contributed by atoms with Crippen molar-refractivity contribution >= 4 is 27.5 Å². The molecule has 0 aliphatic carbocycles. The number of benzene rings is 1. The number of nitrogens with zero attached hydrogens (tertiary/aromatic N) is 2. The van der Waals surface area contributed by atoms with Gasteiger partial charge in [-0.2, -0.15) is 0 Å². The Morgan fingerprint density at radius 1 is 1.25 bits per heavy atom. The Kier molecular flexibility index (Phi) is 5.79. The van der Waals surface area contributed by atoms with Crippen molar-refractivity contribution in [3.05, 3.63) is 61.9 Å². The van der Waals surface area contributed by atoms with Gasteiger partial charge in [0, 0.05) is 6.54 Å². The van der Waals surface area contributed by atoms with Gasteiger partial charge in [-0.3, -0.25) is 14.2 Å². The van der Waals surface area contributed by atoms with Crippen molar-refractivity contribution in [2.75, 3.05) is 6.54 Å². The van der Waals surface area contributed by atoms with E-state index in [1.54, 1.807) is 18.4 Å². The summed E-state index contributed by atoms with van der Waals surface area (Å²) >= 11 is 1.20.